The maximum absolute atomic E-state index is 11.6. The SMILES string of the molecule is CC(CCC1CCC=C2C=CC(C)C(CCC3CC(O)CC(=O)O3)C21)C(=O)O. The highest BCUT2D eigenvalue weighted by molar-refractivity contribution is 5.71. The number of aliphatic carboxylic acids is 1. The molecule has 5 heteroatoms. The summed E-state index contributed by atoms with van der Waals surface area (Å²) < 4.78 is 5.45. The number of hydrogen-bond donors (Lipinski definition) is 2. The van der Waals surface area contributed by atoms with Gasteiger partial charge in [0.05, 0.1) is 18.4 Å². The van der Waals surface area contributed by atoms with E-state index in [1.807, 2.05) is 0 Å². The van der Waals surface area contributed by atoms with Gasteiger partial charge in [-0.1, -0.05) is 32.1 Å². The van der Waals surface area contributed by atoms with E-state index in [0.717, 1.165) is 38.5 Å². The Hall–Kier alpha value is -1.62. The van der Waals surface area contributed by atoms with Gasteiger partial charge >= 0.3 is 11.9 Å². The first-order chi connectivity index (χ1) is 13.3. The fourth-order valence-electron chi connectivity index (χ4n) is 5.33. The second-order valence-electron chi connectivity index (χ2n) is 9.05. The summed E-state index contributed by atoms with van der Waals surface area (Å²) in [5.41, 5.74) is 1.41. The van der Waals surface area contributed by atoms with Crippen molar-refractivity contribution in [3.05, 3.63) is 23.8 Å². The molecule has 0 aromatic rings. The van der Waals surface area contributed by atoms with Gasteiger partial charge in [-0.3, -0.25) is 9.59 Å². The number of hydrogen-bond acceptors (Lipinski definition) is 4. The first-order valence-electron chi connectivity index (χ1n) is 10.8. The standard InChI is InChI=1S/C23H34O5/c1-14-6-8-16-4-3-5-17(9-7-15(2)23(26)27)22(16)20(14)11-10-19-12-18(24)13-21(25)28-19/h4,6,8,14-15,17-20,22,24H,3,5,7,9-13H2,1-2H3,(H,26,27). The van der Waals surface area contributed by atoms with E-state index < -0.39 is 12.1 Å². The van der Waals surface area contributed by atoms with E-state index in [4.69, 9.17) is 4.74 Å². The summed E-state index contributed by atoms with van der Waals surface area (Å²) in [5, 5.41) is 19.1. The van der Waals surface area contributed by atoms with Crippen LogP contribution >= 0.6 is 0 Å². The molecule has 1 saturated heterocycles. The fraction of sp³-hybridized carbons (Fsp3) is 0.739. The summed E-state index contributed by atoms with van der Waals surface area (Å²) >= 11 is 0. The van der Waals surface area contributed by atoms with Crippen LogP contribution in [0.1, 0.15) is 65.2 Å². The Morgan fingerprint density at radius 3 is 2.82 bits per heavy atom. The van der Waals surface area contributed by atoms with Gasteiger partial charge in [0.25, 0.3) is 0 Å². The number of carboxylic acid groups (broad SMARTS) is 1. The monoisotopic (exact) mass is 390 g/mol. The topological polar surface area (TPSA) is 83.8 Å². The zero-order chi connectivity index (χ0) is 20.3. The molecule has 2 aliphatic carbocycles. The number of carboxylic acids is 1. The number of aliphatic hydroxyl groups excluding tert-OH is 1. The Labute approximate surface area is 167 Å². The lowest BCUT2D eigenvalue weighted by molar-refractivity contribution is -0.160. The third kappa shape index (κ3) is 5.05. The molecule has 0 bridgehead atoms. The van der Waals surface area contributed by atoms with Gasteiger partial charge in [0.15, 0.2) is 0 Å². The molecule has 2 N–H and O–H groups in total. The number of carbonyl (C=O) groups is 2. The largest absolute Gasteiger partial charge is 0.481 e. The van der Waals surface area contributed by atoms with Crippen LogP contribution in [0.25, 0.3) is 0 Å². The minimum absolute atomic E-state index is 0.110. The number of fused-ring (bicyclic) bond motifs is 1. The molecule has 7 atom stereocenters. The van der Waals surface area contributed by atoms with E-state index >= 15 is 0 Å². The zero-order valence-corrected chi connectivity index (χ0v) is 17.0. The van der Waals surface area contributed by atoms with Crippen LogP contribution in [-0.2, 0) is 14.3 Å². The maximum Gasteiger partial charge on any atom is 0.308 e. The third-order valence-corrected chi connectivity index (χ3v) is 6.99. The molecule has 28 heavy (non-hydrogen) atoms. The highest BCUT2D eigenvalue weighted by Gasteiger charge is 2.38. The van der Waals surface area contributed by atoms with E-state index in [2.05, 4.69) is 25.2 Å². The molecular formula is C23H34O5. The molecule has 7 unspecified atom stereocenters. The molecule has 0 aromatic heterocycles. The summed E-state index contributed by atoms with van der Waals surface area (Å²) in [6.07, 6.45) is 12.4. The molecule has 1 aliphatic heterocycles. The van der Waals surface area contributed by atoms with Crippen LogP contribution in [0.5, 0.6) is 0 Å². The summed E-state index contributed by atoms with van der Waals surface area (Å²) in [4.78, 5) is 22.9. The molecule has 0 saturated carbocycles. The highest BCUT2D eigenvalue weighted by atomic mass is 16.5. The highest BCUT2D eigenvalue weighted by Crippen LogP contribution is 2.47. The average molecular weight is 391 g/mol. The summed E-state index contributed by atoms with van der Waals surface area (Å²) in [7, 11) is 0. The van der Waals surface area contributed by atoms with Crippen molar-refractivity contribution in [3.63, 3.8) is 0 Å². The zero-order valence-electron chi connectivity index (χ0n) is 17.0. The first-order valence-corrected chi connectivity index (χ1v) is 10.8. The smallest absolute Gasteiger partial charge is 0.308 e. The molecule has 1 heterocycles. The second kappa shape index (κ2) is 9.25. The van der Waals surface area contributed by atoms with Gasteiger partial charge in [-0.05, 0) is 67.8 Å². The van der Waals surface area contributed by atoms with Gasteiger partial charge in [-0.15, -0.1) is 0 Å². The predicted molar refractivity (Wildman–Crippen MR) is 106 cm³/mol. The van der Waals surface area contributed by atoms with E-state index in [1.54, 1.807) is 6.92 Å². The molecule has 156 valence electrons. The summed E-state index contributed by atoms with van der Waals surface area (Å²) in [5.74, 6) is 0.588. The minimum atomic E-state index is -0.710. The van der Waals surface area contributed by atoms with Crippen LogP contribution in [0.3, 0.4) is 0 Å². The molecule has 0 radical (unpaired) electrons. The maximum atomic E-state index is 11.6. The Bertz CT molecular complexity index is 637. The molecule has 0 amide bonds. The van der Waals surface area contributed by atoms with Crippen molar-refractivity contribution in [1.29, 1.82) is 0 Å². The lowest BCUT2D eigenvalue weighted by Crippen LogP contribution is -2.36. The molecule has 0 aromatic carbocycles. The van der Waals surface area contributed by atoms with E-state index in [0.29, 0.717) is 30.1 Å². The Morgan fingerprint density at radius 2 is 2.11 bits per heavy atom. The fourth-order valence-corrected chi connectivity index (χ4v) is 5.33. The normalized spacial score (nSPS) is 36.2. The number of rotatable bonds is 7. The van der Waals surface area contributed by atoms with Gasteiger partial charge < -0.3 is 14.9 Å². The van der Waals surface area contributed by atoms with Crippen LogP contribution in [0.15, 0.2) is 23.8 Å². The first kappa shape index (κ1) is 21.1. The Kier molecular flexibility index (Phi) is 6.97. The lowest BCUT2D eigenvalue weighted by Gasteiger charge is -2.43. The molecule has 1 fully saturated rings. The van der Waals surface area contributed by atoms with Crippen LogP contribution in [0, 0.1) is 29.6 Å². The van der Waals surface area contributed by atoms with Crippen LogP contribution in [0.2, 0.25) is 0 Å². The lowest BCUT2D eigenvalue weighted by atomic mass is 9.62. The number of aliphatic hydroxyl groups is 1. The van der Waals surface area contributed by atoms with Crippen LogP contribution < -0.4 is 0 Å². The molecule has 5 nitrogen and oxygen atoms in total. The van der Waals surface area contributed by atoms with Gasteiger partial charge in [0, 0.05) is 6.42 Å². The van der Waals surface area contributed by atoms with Gasteiger partial charge in [0.2, 0.25) is 0 Å². The van der Waals surface area contributed by atoms with E-state index in [1.165, 1.54) is 5.57 Å². The molecule has 3 aliphatic rings. The number of carbonyl (C=O) groups excluding carboxylic acids is 1. The molecule has 3 rings (SSSR count). The minimum Gasteiger partial charge on any atom is -0.481 e. The quantitative estimate of drug-likeness (QED) is 0.639. The summed E-state index contributed by atoms with van der Waals surface area (Å²) in [6.45, 7) is 4.05. The molecule has 0 spiro atoms. The Balaban J connectivity index is 1.66. The number of esters is 1. The van der Waals surface area contributed by atoms with Crippen molar-refractivity contribution in [2.24, 2.45) is 29.6 Å². The van der Waals surface area contributed by atoms with Gasteiger partial charge in [0.1, 0.15) is 6.10 Å². The van der Waals surface area contributed by atoms with Crippen molar-refractivity contribution in [3.8, 4) is 0 Å². The number of cyclic esters (lactones) is 1. The predicted octanol–water partition coefficient (Wildman–Crippen LogP) is 4.11. The van der Waals surface area contributed by atoms with Crippen molar-refractivity contribution in [2.75, 3.05) is 0 Å². The second-order valence-corrected chi connectivity index (χ2v) is 9.05. The van der Waals surface area contributed by atoms with Crippen molar-refractivity contribution in [1.82, 2.24) is 0 Å². The van der Waals surface area contributed by atoms with Crippen LogP contribution in [-0.4, -0.2) is 34.4 Å². The van der Waals surface area contributed by atoms with Crippen molar-refractivity contribution in [2.45, 2.75) is 77.4 Å². The van der Waals surface area contributed by atoms with Crippen molar-refractivity contribution >= 4 is 11.9 Å². The average Bonchev–Trinajstić information content (AvgIpc) is 2.64. The summed E-state index contributed by atoms with van der Waals surface area (Å²) in [6, 6.07) is 0. The molecular weight excluding hydrogens is 356 g/mol. The van der Waals surface area contributed by atoms with E-state index in [-0.39, 0.29) is 24.4 Å². The third-order valence-electron chi connectivity index (χ3n) is 6.99. The van der Waals surface area contributed by atoms with Crippen molar-refractivity contribution < 1.29 is 24.5 Å². The van der Waals surface area contributed by atoms with E-state index in [9.17, 15) is 19.8 Å². The van der Waals surface area contributed by atoms with Gasteiger partial charge in [-0.25, -0.2) is 0 Å². The van der Waals surface area contributed by atoms with Crippen LogP contribution in [0.4, 0.5) is 0 Å². The van der Waals surface area contributed by atoms with Gasteiger partial charge in [-0.2, -0.15) is 0 Å². The number of ether oxygens (including phenoxy) is 1. The Morgan fingerprint density at radius 1 is 1.32 bits per heavy atom. The number of allylic oxidation sites excluding steroid dienone is 4.